The van der Waals surface area contributed by atoms with Crippen LogP contribution in [-0.2, 0) is 6.42 Å². The van der Waals surface area contributed by atoms with Crippen LogP contribution in [0.1, 0.15) is 11.1 Å². The Morgan fingerprint density at radius 2 is 1.70 bits per heavy atom. The maximum Gasteiger partial charge on any atom is 0.160 e. The summed E-state index contributed by atoms with van der Waals surface area (Å²) in [4.78, 5) is 0. The Bertz CT molecular complexity index is 594. The van der Waals surface area contributed by atoms with E-state index in [-0.39, 0.29) is 0 Å². The lowest BCUT2D eigenvalue weighted by Gasteiger charge is -2.10. The van der Waals surface area contributed by atoms with Gasteiger partial charge in [-0.25, -0.2) is 0 Å². The molecule has 2 aromatic rings. The molecule has 2 rings (SSSR count). The van der Waals surface area contributed by atoms with Gasteiger partial charge < -0.3 is 14.7 Å². The first kappa shape index (κ1) is 13.9. The van der Waals surface area contributed by atoms with Crippen molar-refractivity contribution in [2.75, 3.05) is 14.2 Å². The molecule has 20 heavy (non-hydrogen) atoms. The van der Waals surface area contributed by atoms with Gasteiger partial charge in [-0.05, 0) is 23.3 Å². The second-order valence-electron chi connectivity index (χ2n) is 4.28. The minimum Gasteiger partial charge on any atom is -0.493 e. The van der Waals surface area contributed by atoms with Crippen LogP contribution in [-0.4, -0.2) is 25.1 Å². The first-order valence-corrected chi connectivity index (χ1v) is 6.25. The zero-order valence-electron chi connectivity index (χ0n) is 11.5. The third-order valence-corrected chi connectivity index (χ3v) is 3.05. The molecule has 0 unspecified atom stereocenters. The van der Waals surface area contributed by atoms with E-state index in [0.717, 1.165) is 11.1 Å². The van der Waals surface area contributed by atoms with Crippen LogP contribution in [0.3, 0.4) is 0 Å². The van der Waals surface area contributed by atoms with Gasteiger partial charge >= 0.3 is 0 Å². The van der Waals surface area contributed by atoms with Crippen LogP contribution in [0.4, 0.5) is 0 Å². The van der Waals surface area contributed by atoms with Gasteiger partial charge in [-0.2, -0.15) is 0 Å². The Hall–Kier alpha value is -2.49. The molecule has 0 bridgehead atoms. The molecule has 0 saturated carbocycles. The van der Waals surface area contributed by atoms with Crippen molar-refractivity contribution in [3.05, 3.63) is 59.7 Å². The van der Waals surface area contributed by atoms with Gasteiger partial charge in [-0.15, -0.1) is 0 Å². The lowest BCUT2D eigenvalue weighted by Crippen LogP contribution is -2.05. The molecule has 0 atom stereocenters. The normalized spacial score (nSPS) is 11.2. The van der Waals surface area contributed by atoms with Crippen molar-refractivity contribution in [1.82, 2.24) is 0 Å². The number of hydrogen-bond acceptors (Lipinski definition) is 4. The molecule has 1 N–H and O–H groups in total. The average Bonchev–Trinajstić information content (AvgIpc) is 2.53. The van der Waals surface area contributed by atoms with E-state index in [2.05, 4.69) is 5.16 Å². The Balaban J connectivity index is 2.25. The molecular weight excluding hydrogens is 254 g/mol. The maximum atomic E-state index is 9.20. The molecule has 4 heteroatoms. The molecule has 0 radical (unpaired) electrons. The highest BCUT2D eigenvalue weighted by atomic mass is 16.5. The Morgan fingerprint density at radius 1 is 1.00 bits per heavy atom. The molecular formula is C16H17NO3. The molecule has 0 aliphatic heterocycles. The van der Waals surface area contributed by atoms with Gasteiger partial charge in [0.2, 0.25) is 0 Å². The zero-order chi connectivity index (χ0) is 14.4. The summed E-state index contributed by atoms with van der Waals surface area (Å²) in [5.41, 5.74) is 2.49. The average molecular weight is 271 g/mol. The van der Waals surface area contributed by atoms with E-state index in [1.807, 2.05) is 48.5 Å². The van der Waals surface area contributed by atoms with E-state index in [4.69, 9.17) is 9.47 Å². The van der Waals surface area contributed by atoms with Gasteiger partial charge in [0.15, 0.2) is 11.5 Å². The van der Waals surface area contributed by atoms with Gasteiger partial charge in [-0.3, -0.25) is 0 Å². The molecule has 0 aliphatic rings. The topological polar surface area (TPSA) is 51.0 Å². The first-order valence-electron chi connectivity index (χ1n) is 6.25. The summed E-state index contributed by atoms with van der Waals surface area (Å²) in [6.45, 7) is 0. The lowest BCUT2D eigenvalue weighted by molar-refractivity contribution is 0.318. The minimum atomic E-state index is 0.515. The smallest absolute Gasteiger partial charge is 0.160 e. The first-order chi connectivity index (χ1) is 9.78. The minimum absolute atomic E-state index is 0.515. The fraction of sp³-hybridized carbons (Fsp3) is 0.188. The number of methoxy groups -OCH3 is 2. The fourth-order valence-corrected chi connectivity index (χ4v) is 2.01. The summed E-state index contributed by atoms with van der Waals surface area (Å²) >= 11 is 0. The monoisotopic (exact) mass is 271 g/mol. The third kappa shape index (κ3) is 3.09. The van der Waals surface area contributed by atoms with E-state index >= 15 is 0 Å². The number of nitrogens with zero attached hydrogens (tertiary/aromatic N) is 1. The number of hydrogen-bond donors (Lipinski definition) is 1. The van der Waals surface area contributed by atoms with E-state index in [9.17, 15) is 5.21 Å². The highest BCUT2D eigenvalue weighted by Gasteiger charge is 2.09. The summed E-state index contributed by atoms with van der Waals surface area (Å²) < 4.78 is 10.5. The quantitative estimate of drug-likeness (QED) is 0.516. The number of benzene rings is 2. The van der Waals surface area contributed by atoms with E-state index < -0.39 is 0 Å². The van der Waals surface area contributed by atoms with Gasteiger partial charge in [0.1, 0.15) is 0 Å². The molecule has 0 aromatic heterocycles. The summed E-state index contributed by atoms with van der Waals surface area (Å²) in [6.07, 6.45) is 0.515. The predicted molar refractivity (Wildman–Crippen MR) is 78.0 cm³/mol. The van der Waals surface area contributed by atoms with Crippen LogP contribution in [0.2, 0.25) is 0 Å². The number of oxime groups is 1. The molecule has 0 fully saturated rings. The summed E-state index contributed by atoms with van der Waals surface area (Å²) in [5.74, 6) is 1.34. The summed E-state index contributed by atoms with van der Waals surface area (Å²) in [7, 11) is 3.20. The molecule has 0 amide bonds. The van der Waals surface area contributed by atoms with Crippen LogP contribution in [0.15, 0.2) is 53.7 Å². The zero-order valence-corrected chi connectivity index (χ0v) is 11.5. The van der Waals surface area contributed by atoms with Crippen molar-refractivity contribution in [1.29, 1.82) is 0 Å². The predicted octanol–water partition coefficient (Wildman–Crippen LogP) is 3.12. The molecule has 0 aliphatic carbocycles. The lowest BCUT2D eigenvalue weighted by atomic mass is 10.0. The second-order valence-corrected chi connectivity index (χ2v) is 4.28. The SMILES string of the molecule is COc1ccc(C/C(=N\O)c2ccccc2)cc1OC. The van der Waals surface area contributed by atoms with Gasteiger partial charge in [0, 0.05) is 6.42 Å². The van der Waals surface area contributed by atoms with Crippen molar-refractivity contribution < 1.29 is 14.7 Å². The highest BCUT2D eigenvalue weighted by molar-refractivity contribution is 6.01. The largest absolute Gasteiger partial charge is 0.493 e. The summed E-state index contributed by atoms with van der Waals surface area (Å²) in [5, 5.41) is 12.6. The van der Waals surface area contributed by atoms with Crippen molar-refractivity contribution >= 4 is 5.71 Å². The van der Waals surface area contributed by atoms with Gasteiger partial charge in [-0.1, -0.05) is 41.6 Å². The van der Waals surface area contributed by atoms with Crippen molar-refractivity contribution in [2.24, 2.45) is 5.16 Å². The van der Waals surface area contributed by atoms with Crippen LogP contribution in [0.5, 0.6) is 11.5 Å². The second kappa shape index (κ2) is 6.61. The Morgan fingerprint density at radius 3 is 2.30 bits per heavy atom. The highest BCUT2D eigenvalue weighted by Crippen LogP contribution is 2.28. The molecule has 2 aromatic carbocycles. The third-order valence-electron chi connectivity index (χ3n) is 3.05. The van der Waals surface area contributed by atoms with Gasteiger partial charge in [0.05, 0.1) is 19.9 Å². The summed E-state index contributed by atoms with van der Waals surface area (Å²) in [6, 6.07) is 15.2. The number of rotatable bonds is 5. The van der Waals surface area contributed by atoms with Crippen molar-refractivity contribution in [2.45, 2.75) is 6.42 Å². The van der Waals surface area contributed by atoms with Crippen molar-refractivity contribution in [3.63, 3.8) is 0 Å². The van der Waals surface area contributed by atoms with Crippen LogP contribution >= 0.6 is 0 Å². The van der Waals surface area contributed by atoms with Gasteiger partial charge in [0.25, 0.3) is 0 Å². The van der Waals surface area contributed by atoms with Crippen molar-refractivity contribution in [3.8, 4) is 11.5 Å². The van der Waals surface area contributed by atoms with E-state index in [0.29, 0.717) is 23.6 Å². The van der Waals surface area contributed by atoms with Crippen LogP contribution in [0.25, 0.3) is 0 Å². The molecule has 104 valence electrons. The Kier molecular flexibility index (Phi) is 4.60. The van der Waals surface area contributed by atoms with Crippen LogP contribution in [0, 0.1) is 0 Å². The Labute approximate surface area is 118 Å². The molecule has 0 spiro atoms. The fourth-order valence-electron chi connectivity index (χ4n) is 2.01. The number of ether oxygens (including phenoxy) is 2. The molecule has 0 saturated heterocycles. The maximum absolute atomic E-state index is 9.20. The van der Waals surface area contributed by atoms with E-state index in [1.54, 1.807) is 14.2 Å². The van der Waals surface area contributed by atoms with E-state index in [1.165, 1.54) is 0 Å². The standard InChI is InChI=1S/C16H17NO3/c1-19-15-9-8-12(11-16(15)20-2)10-14(17-18)13-6-4-3-5-7-13/h3-9,11,18H,10H2,1-2H3/b17-14+. The molecule has 4 nitrogen and oxygen atoms in total. The molecule has 0 heterocycles. The van der Waals surface area contributed by atoms with Crippen LogP contribution < -0.4 is 9.47 Å².